The number of nitriles is 1. The fraction of sp³-hybridized carbons (Fsp3) is 0.222. The number of ether oxygens (including phenoxy) is 1. The molecule has 0 aromatic heterocycles. The smallest absolute Gasteiger partial charge is 0.404 e. The topological polar surface area (TPSA) is 67.2 Å². The van der Waals surface area contributed by atoms with Gasteiger partial charge in [0, 0.05) is 16.2 Å². The number of halogens is 5. The zero-order chi connectivity index (χ0) is 14.8. The highest BCUT2D eigenvalue weighted by molar-refractivity contribution is 8.13. The molecule has 0 saturated heterocycles. The van der Waals surface area contributed by atoms with Crippen LogP contribution in [0.25, 0.3) is 0 Å². The van der Waals surface area contributed by atoms with E-state index in [1.165, 1.54) is 6.07 Å². The van der Waals surface area contributed by atoms with Gasteiger partial charge in [-0.2, -0.15) is 5.26 Å². The molecule has 1 rings (SSSR count). The van der Waals surface area contributed by atoms with Gasteiger partial charge in [-0.1, -0.05) is 6.07 Å². The van der Waals surface area contributed by atoms with Crippen LogP contribution < -0.4 is 4.74 Å². The zero-order valence-corrected chi connectivity index (χ0v) is 11.2. The summed E-state index contributed by atoms with van der Waals surface area (Å²) >= 11 is 5.41. The molecule has 0 fully saturated rings. The monoisotopic (exact) mass is 333 g/mol. The van der Waals surface area contributed by atoms with Crippen LogP contribution in [-0.4, -0.2) is 14.8 Å². The maximum absolute atomic E-state index is 12.3. The lowest BCUT2D eigenvalue weighted by atomic mass is 10.1. The zero-order valence-electron chi connectivity index (χ0n) is 8.83. The van der Waals surface area contributed by atoms with Crippen molar-refractivity contribution in [3.05, 3.63) is 23.3 Å². The van der Waals surface area contributed by atoms with E-state index in [1.807, 2.05) is 0 Å². The third-order valence-corrected chi connectivity index (χ3v) is 3.56. The van der Waals surface area contributed by atoms with Crippen LogP contribution in [0.4, 0.5) is 13.2 Å². The maximum atomic E-state index is 12.3. The average molecular weight is 334 g/mol. The summed E-state index contributed by atoms with van der Waals surface area (Å²) in [5, 5.41) is 8.73. The van der Waals surface area contributed by atoms with E-state index in [0.717, 1.165) is 12.1 Å². The van der Waals surface area contributed by atoms with Crippen molar-refractivity contribution < 1.29 is 26.3 Å². The quantitative estimate of drug-likeness (QED) is 0.629. The van der Waals surface area contributed by atoms with E-state index < -0.39 is 37.5 Å². The van der Waals surface area contributed by atoms with Crippen LogP contribution in [0.5, 0.6) is 5.75 Å². The van der Waals surface area contributed by atoms with E-state index in [4.69, 9.17) is 27.5 Å². The number of alkyl halides is 4. The number of rotatable bonds is 3. The molecule has 0 radical (unpaired) electrons. The molecule has 4 nitrogen and oxygen atoms in total. The minimum Gasteiger partial charge on any atom is -0.404 e. The van der Waals surface area contributed by atoms with Crippen LogP contribution in [0.15, 0.2) is 17.0 Å². The Bertz CT molecular complexity index is 637. The van der Waals surface area contributed by atoms with Crippen molar-refractivity contribution >= 4 is 31.3 Å². The summed E-state index contributed by atoms with van der Waals surface area (Å²) in [6, 6.07) is 3.48. The Morgan fingerprint density at radius 1 is 1.37 bits per heavy atom. The predicted octanol–water partition coefficient (Wildman–Crippen LogP) is 3.12. The molecule has 0 N–H and O–H groups in total. The highest BCUT2D eigenvalue weighted by atomic mass is 35.7. The van der Waals surface area contributed by atoms with Crippen molar-refractivity contribution in [3.63, 3.8) is 0 Å². The lowest BCUT2D eigenvalue weighted by Gasteiger charge is -2.15. The minimum atomic E-state index is -5.15. The summed E-state index contributed by atoms with van der Waals surface area (Å²) in [7, 11) is 0.421. The number of benzene rings is 1. The molecule has 104 valence electrons. The first kappa shape index (κ1) is 15.9. The first-order chi connectivity index (χ1) is 8.60. The van der Waals surface area contributed by atoms with Gasteiger partial charge in [0.15, 0.2) is 5.75 Å². The molecule has 1 aromatic carbocycles. The van der Waals surface area contributed by atoms with Crippen LogP contribution in [-0.2, 0) is 14.9 Å². The first-order valence-corrected chi connectivity index (χ1v) is 7.27. The standard InChI is InChI=1S/C9H4Cl2F3NO3S/c10-3-5-1-2-6(4-15)8(19(11,16)17)7(5)18-9(12,13)14/h1-2H,3H2. The Kier molecular flexibility index (Phi) is 4.55. The summed E-state index contributed by atoms with van der Waals surface area (Å²) in [5.74, 6) is -1.53. The SMILES string of the molecule is N#Cc1ccc(CCl)c(OC(F)(F)F)c1S(=O)(=O)Cl. The summed E-state index contributed by atoms with van der Waals surface area (Å²) in [4.78, 5) is -1.05. The highest BCUT2D eigenvalue weighted by Crippen LogP contribution is 2.37. The van der Waals surface area contributed by atoms with Gasteiger partial charge in [0.25, 0.3) is 9.05 Å². The van der Waals surface area contributed by atoms with E-state index in [0.29, 0.717) is 0 Å². The lowest BCUT2D eigenvalue weighted by molar-refractivity contribution is -0.275. The lowest BCUT2D eigenvalue weighted by Crippen LogP contribution is -2.20. The van der Waals surface area contributed by atoms with E-state index in [1.54, 1.807) is 0 Å². The van der Waals surface area contributed by atoms with Crippen LogP contribution in [0.2, 0.25) is 0 Å². The van der Waals surface area contributed by atoms with Crippen molar-refractivity contribution in [1.82, 2.24) is 0 Å². The highest BCUT2D eigenvalue weighted by Gasteiger charge is 2.36. The second-order valence-electron chi connectivity index (χ2n) is 3.16. The number of nitrogens with zero attached hydrogens (tertiary/aromatic N) is 1. The van der Waals surface area contributed by atoms with Crippen LogP contribution in [0.1, 0.15) is 11.1 Å². The third kappa shape index (κ3) is 3.89. The first-order valence-electron chi connectivity index (χ1n) is 4.42. The van der Waals surface area contributed by atoms with Gasteiger partial charge < -0.3 is 4.74 Å². The van der Waals surface area contributed by atoms with Crippen molar-refractivity contribution in [2.75, 3.05) is 0 Å². The minimum absolute atomic E-state index is 0.253. The summed E-state index contributed by atoms with van der Waals surface area (Å²) in [6.07, 6.45) is -5.15. The van der Waals surface area contributed by atoms with Crippen molar-refractivity contribution in [2.24, 2.45) is 0 Å². The molecule has 0 heterocycles. The van der Waals surface area contributed by atoms with Crippen LogP contribution in [0.3, 0.4) is 0 Å². The Morgan fingerprint density at radius 2 is 1.95 bits per heavy atom. The molecule has 0 saturated carbocycles. The average Bonchev–Trinajstić information content (AvgIpc) is 2.24. The summed E-state index contributed by atoms with van der Waals surface area (Å²) in [6.45, 7) is 0. The second kappa shape index (κ2) is 5.45. The van der Waals surface area contributed by atoms with Crippen LogP contribution in [0, 0.1) is 11.3 Å². The molecule has 0 aliphatic carbocycles. The Balaban J connectivity index is 3.69. The van der Waals surface area contributed by atoms with Gasteiger partial charge in [0.05, 0.1) is 11.4 Å². The molecular weight excluding hydrogens is 330 g/mol. The molecule has 0 unspecified atom stereocenters. The van der Waals surface area contributed by atoms with E-state index >= 15 is 0 Å². The van der Waals surface area contributed by atoms with Gasteiger partial charge in [-0.25, -0.2) is 8.42 Å². The molecule has 0 spiro atoms. The Hall–Kier alpha value is -1.17. The molecule has 19 heavy (non-hydrogen) atoms. The summed E-state index contributed by atoms with van der Waals surface area (Å²) < 4.78 is 63.1. The molecule has 0 aliphatic heterocycles. The van der Waals surface area contributed by atoms with E-state index in [-0.39, 0.29) is 5.56 Å². The molecule has 10 heteroatoms. The molecule has 0 bridgehead atoms. The van der Waals surface area contributed by atoms with Gasteiger partial charge in [-0.3, -0.25) is 0 Å². The predicted molar refractivity (Wildman–Crippen MR) is 60.4 cm³/mol. The fourth-order valence-electron chi connectivity index (χ4n) is 1.27. The van der Waals surface area contributed by atoms with Crippen molar-refractivity contribution in [3.8, 4) is 11.8 Å². The summed E-state index contributed by atoms with van der Waals surface area (Å²) in [5.41, 5.74) is -0.819. The van der Waals surface area contributed by atoms with Gasteiger partial charge in [-0.05, 0) is 6.07 Å². The molecule has 0 aliphatic rings. The number of hydrogen-bond donors (Lipinski definition) is 0. The second-order valence-corrected chi connectivity index (χ2v) is 5.93. The molecule has 0 amide bonds. The van der Waals surface area contributed by atoms with Gasteiger partial charge in [0.2, 0.25) is 0 Å². The van der Waals surface area contributed by atoms with Crippen LogP contribution >= 0.6 is 22.3 Å². The van der Waals surface area contributed by atoms with E-state index in [9.17, 15) is 21.6 Å². The Labute approximate surface area is 115 Å². The van der Waals surface area contributed by atoms with Gasteiger partial charge in [0.1, 0.15) is 11.0 Å². The van der Waals surface area contributed by atoms with Gasteiger partial charge >= 0.3 is 6.36 Å². The molecule has 0 atom stereocenters. The van der Waals surface area contributed by atoms with E-state index in [2.05, 4.69) is 4.74 Å². The normalized spacial score (nSPS) is 12.0. The molecule has 1 aromatic rings. The Morgan fingerprint density at radius 3 is 2.32 bits per heavy atom. The van der Waals surface area contributed by atoms with Crippen molar-refractivity contribution in [2.45, 2.75) is 17.1 Å². The van der Waals surface area contributed by atoms with Crippen molar-refractivity contribution in [1.29, 1.82) is 5.26 Å². The maximum Gasteiger partial charge on any atom is 0.573 e. The third-order valence-electron chi connectivity index (χ3n) is 1.92. The van der Waals surface area contributed by atoms with Gasteiger partial charge in [-0.15, -0.1) is 24.8 Å². The number of hydrogen-bond acceptors (Lipinski definition) is 4. The largest absolute Gasteiger partial charge is 0.573 e. The fourth-order valence-corrected chi connectivity index (χ4v) is 2.71. The molecular formula is C9H4Cl2F3NO3S.